The molecule has 70 valence electrons. The van der Waals surface area contributed by atoms with Crippen molar-refractivity contribution < 1.29 is 21.1 Å². The summed E-state index contributed by atoms with van der Waals surface area (Å²) in [6.07, 6.45) is 0.667. The highest BCUT2D eigenvalue weighted by molar-refractivity contribution is 7.86. The Hall–Kier alpha value is -0.260. The lowest BCUT2D eigenvalue weighted by Crippen LogP contribution is -2.05. The molecule has 1 spiro atoms. The summed E-state index contributed by atoms with van der Waals surface area (Å²) in [4.78, 5) is 0. The van der Waals surface area contributed by atoms with E-state index >= 15 is 0 Å². The minimum Gasteiger partial charge on any atom is -0.206 e. The van der Waals surface area contributed by atoms with Crippen LogP contribution in [0.2, 0.25) is 0 Å². The summed E-state index contributed by atoms with van der Waals surface area (Å²) in [7, 11) is -4.74. The van der Waals surface area contributed by atoms with Crippen LogP contribution < -0.4 is 0 Å². The van der Waals surface area contributed by atoms with Gasteiger partial charge >= 0.3 is 10.2 Å². The monoisotopic (exact) mass is 200 g/mol. The Balaban J connectivity index is 2.11. The predicted molar refractivity (Wildman–Crippen MR) is 35.0 cm³/mol. The third-order valence-corrected chi connectivity index (χ3v) is 3.57. The van der Waals surface area contributed by atoms with Gasteiger partial charge < -0.3 is 0 Å². The Morgan fingerprint density at radius 3 is 2.08 bits per heavy atom. The van der Waals surface area contributed by atoms with Gasteiger partial charge in [0.2, 0.25) is 0 Å². The van der Waals surface area contributed by atoms with Crippen LogP contribution in [0.1, 0.15) is 12.8 Å². The van der Waals surface area contributed by atoms with Gasteiger partial charge in [0.15, 0.2) is 0 Å². The van der Waals surface area contributed by atoms with Crippen molar-refractivity contribution in [3.05, 3.63) is 0 Å². The maximum absolute atomic E-state index is 12.7. The Kier molecular flexibility index (Phi) is 1.26. The van der Waals surface area contributed by atoms with E-state index in [4.69, 9.17) is 0 Å². The van der Waals surface area contributed by atoms with Gasteiger partial charge in [0.25, 0.3) is 5.92 Å². The van der Waals surface area contributed by atoms with E-state index in [1.807, 2.05) is 0 Å². The molecule has 1 atom stereocenters. The molecule has 6 heteroatoms. The lowest BCUT2D eigenvalue weighted by molar-refractivity contribution is 0.0822. The molecule has 0 saturated heterocycles. The normalized spacial score (nSPS) is 35.1. The fourth-order valence-electron chi connectivity index (χ4n) is 1.87. The third-order valence-electron chi connectivity index (χ3n) is 2.84. The van der Waals surface area contributed by atoms with Crippen molar-refractivity contribution >= 4 is 10.2 Å². The number of hydrogen-bond donors (Lipinski definition) is 0. The van der Waals surface area contributed by atoms with Crippen LogP contribution in [0.25, 0.3) is 0 Å². The fourth-order valence-corrected chi connectivity index (χ4v) is 2.80. The van der Waals surface area contributed by atoms with E-state index < -0.39 is 33.2 Å². The average molecular weight is 200 g/mol. The van der Waals surface area contributed by atoms with Crippen molar-refractivity contribution in [3.63, 3.8) is 0 Å². The number of halogens is 3. The maximum atomic E-state index is 12.7. The molecular formula is C6H7F3O2S. The van der Waals surface area contributed by atoms with E-state index in [0.717, 1.165) is 0 Å². The maximum Gasteiger partial charge on any atom is 0.302 e. The van der Waals surface area contributed by atoms with Crippen molar-refractivity contribution in [1.29, 1.82) is 0 Å². The van der Waals surface area contributed by atoms with Gasteiger partial charge in [-0.15, -0.1) is 3.89 Å². The molecular weight excluding hydrogens is 193 g/mol. The standard InChI is InChI=1S/C6H7F3O2S/c7-6(8)4(3-12(9,10)11)5(6)1-2-5/h4H,1-3H2. The number of rotatable bonds is 2. The molecule has 0 aromatic rings. The van der Waals surface area contributed by atoms with Crippen molar-refractivity contribution in [2.75, 3.05) is 5.75 Å². The summed E-state index contributed by atoms with van der Waals surface area (Å²) < 4.78 is 57.7. The van der Waals surface area contributed by atoms with E-state index in [1.165, 1.54) is 0 Å². The first-order chi connectivity index (χ1) is 5.30. The summed E-state index contributed by atoms with van der Waals surface area (Å²) >= 11 is 0. The predicted octanol–water partition coefficient (Wildman–Crippen LogP) is 1.33. The Morgan fingerprint density at radius 1 is 1.33 bits per heavy atom. The third kappa shape index (κ3) is 0.901. The van der Waals surface area contributed by atoms with Crippen LogP contribution in [0.5, 0.6) is 0 Å². The van der Waals surface area contributed by atoms with E-state index in [-0.39, 0.29) is 0 Å². The largest absolute Gasteiger partial charge is 0.302 e. The lowest BCUT2D eigenvalue weighted by atomic mass is 10.3. The second kappa shape index (κ2) is 1.81. The van der Waals surface area contributed by atoms with Crippen molar-refractivity contribution in [3.8, 4) is 0 Å². The van der Waals surface area contributed by atoms with Gasteiger partial charge in [-0.05, 0) is 12.8 Å². The summed E-state index contributed by atoms with van der Waals surface area (Å²) in [6, 6.07) is 0. The summed E-state index contributed by atoms with van der Waals surface area (Å²) in [5, 5.41) is 0. The highest BCUT2D eigenvalue weighted by atomic mass is 32.3. The Labute approximate surface area is 68.0 Å². The minimum absolute atomic E-state index is 0.334. The zero-order chi connectivity index (χ0) is 9.20. The molecule has 2 nitrogen and oxygen atoms in total. The second-order valence-corrected chi connectivity index (χ2v) is 4.95. The van der Waals surface area contributed by atoms with Crippen LogP contribution in [-0.2, 0) is 10.2 Å². The number of hydrogen-bond acceptors (Lipinski definition) is 2. The molecule has 12 heavy (non-hydrogen) atoms. The minimum atomic E-state index is -4.74. The van der Waals surface area contributed by atoms with Gasteiger partial charge in [-0.25, -0.2) is 8.78 Å². The van der Waals surface area contributed by atoms with Crippen molar-refractivity contribution in [2.45, 2.75) is 18.8 Å². The SMILES string of the molecule is O=S(=O)(F)CC1C(F)(F)C12CC2. The molecule has 0 heterocycles. The first-order valence-electron chi connectivity index (χ1n) is 3.60. The molecule has 0 amide bonds. The van der Waals surface area contributed by atoms with E-state index in [1.54, 1.807) is 0 Å². The van der Waals surface area contributed by atoms with Gasteiger partial charge in [0, 0.05) is 5.41 Å². The van der Waals surface area contributed by atoms with Gasteiger partial charge in [0.1, 0.15) is 0 Å². The van der Waals surface area contributed by atoms with E-state index in [0.29, 0.717) is 12.8 Å². The molecule has 2 fully saturated rings. The molecule has 0 bridgehead atoms. The molecule has 2 saturated carbocycles. The fraction of sp³-hybridized carbons (Fsp3) is 1.00. The van der Waals surface area contributed by atoms with Gasteiger partial charge in [0.05, 0.1) is 11.7 Å². The lowest BCUT2D eigenvalue weighted by Gasteiger charge is -1.90. The van der Waals surface area contributed by atoms with Crippen LogP contribution in [0, 0.1) is 11.3 Å². The van der Waals surface area contributed by atoms with Crippen LogP contribution in [0.3, 0.4) is 0 Å². The molecule has 2 aliphatic carbocycles. The first kappa shape index (κ1) is 8.34. The zero-order valence-electron chi connectivity index (χ0n) is 6.06. The van der Waals surface area contributed by atoms with E-state index in [2.05, 4.69) is 0 Å². The zero-order valence-corrected chi connectivity index (χ0v) is 6.87. The average Bonchev–Trinajstić information content (AvgIpc) is 2.65. The first-order valence-corrected chi connectivity index (χ1v) is 5.15. The highest BCUT2D eigenvalue weighted by Gasteiger charge is 2.86. The molecule has 0 aromatic heterocycles. The molecule has 2 aliphatic rings. The van der Waals surface area contributed by atoms with Crippen LogP contribution in [0.4, 0.5) is 12.7 Å². The van der Waals surface area contributed by atoms with Gasteiger partial charge in [-0.1, -0.05) is 0 Å². The molecule has 0 N–H and O–H groups in total. The summed E-state index contributed by atoms with van der Waals surface area (Å²) in [5.41, 5.74) is -1.13. The second-order valence-electron chi connectivity index (χ2n) is 3.54. The molecule has 0 aliphatic heterocycles. The molecule has 0 aromatic carbocycles. The summed E-state index contributed by atoms with van der Waals surface area (Å²) in [6.45, 7) is 0. The van der Waals surface area contributed by atoms with Crippen molar-refractivity contribution in [1.82, 2.24) is 0 Å². The smallest absolute Gasteiger partial charge is 0.206 e. The topological polar surface area (TPSA) is 34.1 Å². The highest BCUT2D eigenvalue weighted by Crippen LogP contribution is 2.80. The summed E-state index contributed by atoms with van der Waals surface area (Å²) in [5.74, 6) is -5.22. The Bertz CT molecular complexity index is 314. The quantitative estimate of drug-likeness (QED) is 0.630. The van der Waals surface area contributed by atoms with Gasteiger partial charge in [-0.2, -0.15) is 8.42 Å². The van der Waals surface area contributed by atoms with Crippen LogP contribution >= 0.6 is 0 Å². The van der Waals surface area contributed by atoms with Gasteiger partial charge in [-0.3, -0.25) is 0 Å². The number of alkyl halides is 2. The van der Waals surface area contributed by atoms with Crippen molar-refractivity contribution in [2.24, 2.45) is 11.3 Å². The molecule has 2 rings (SSSR count). The van der Waals surface area contributed by atoms with Crippen LogP contribution in [-0.4, -0.2) is 20.1 Å². The molecule has 1 unspecified atom stereocenters. The van der Waals surface area contributed by atoms with E-state index in [9.17, 15) is 21.1 Å². The molecule has 0 radical (unpaired) electrons. The Morgan fingerprint density at radius 2 is 1.83 bits per heavy atom. The van der Waals surface area contributed by atoms with Crippen LogP contribution in [0.15, 0.2) is 0 Å².